The average Bonchev–Trinajstić information content (AvgIpc) is 3.52. The van der Waals surface area contributed by atoms with Crippen LogP contribution in [0.15, 0.2) is 95.6 Å². The van der Waals surface area contributed by atoms with Gasteiger partial charge in [-0.25, -0.2) is 0 Å². The van der Waals surface area contributed by atoms with Crippen LogP contribution >= 0.6 is 0 Å². The highest BCUT2D eigenvalue weighted by Gasteiger charge is 2.24. The van der Waals surface area contributed by atoms with Gasteiger partial charge in [-0.05, 0) is 60.4 Å². The molecule has 8 nitrogen and oxygen atoms in total. The summed E-state index contributed by atoms with van der Waals surface area (Å²) in [4.78, 5) is 41.8. The molecule has 4 aromatic rings. The number of ether oxygens (including phenoxy) is 1. The molecule has 0 unspecified atom stereocenters. The molecule has 0 bridgehead atoms. The molecule has 0 saturated carbocycles. The third-order valence-corrected chi connectivity index (χ3v) is 6.51. The first-order valence-corrected chi connectivity index (χ1v) is 13.1. The standard InChI is InChI=1S/C32H32N2O6/c1-3-39-24-11-8-10-23(22-24)17-19-34(20-18-30(35)36)32(38)28-15-7-5-13-26(28)25-12-4-6-14-27(25)31(37)33(2)29-16-9-21-40-29/h4-16,21-22H,3,17-20H2,1-2H3,(H,35,36). The highest BCUT2D eigenvalue weighted by molar-refractivity contribution is 6.11. The molecule has 40 heavy (non-hydrogen) atoms. The molecule has 0 atom stereocenters. The summed E-state index contributed by atoms with van der Waals surface area (Å²) in [5.74, 6) is -0.433. The molecule has 4 rings (SSSR count). The molecule has 0 fully saturated rings. The molecule has 3 aromatic carbocycles. The van der Waals surface area contributed by atoms with Crippen molar-refractivity contribution in [1.82, 2.24) is 4.90 Å². The lowest BCUT2D eigenvalue weighted by atomic mass is 9.94. The predicted octanol–water partition coefficient (Wildman–Crippen LogP) is 5.78. The maximum Gasteiger partial charge on any atom is 0.305 e. The van der Waals surface area contributed by atoms with Crippen LogP contribution < -0.4 is 9.64 Å². The Kier molecular flexibility index (Phi) is 9.35. The van der Waals surface area contributed by atoms with Crippen LogP contribution in [0.2, 0.25) is 0 Å². The first-order valence-electron chi connectivity index (χ1n) is 13.1. The van der Waals surface area contributed by atoms with Crippen molar-refractivity contribution in [2.75, 3.05) is 31.6 Å². The maximum atomic E-state index is 13.9. The van der Waals surface area contributed by atoms with Crippen LogP contribution in [0.1, 0.15) is 39.6 Å². The number of furan rings is 1. The number of carbonyl (C=O) groups excluding carboxylic acids is 2. The predicted molar refractivity (Wildman–Crippen MR) is 153 cm³/mol. The fraction of sp³-hybridized carbons (Fsp3) is 0.219. The number of nitrogens with zero attached hydrogens (tertiary/aromatic N) is 2. The number of carbonyl (C=O) groups is 3. The largest absolute Gasteiger partial charge is 0.494 e. The number of aliphatic carboxylic acids is 1. The Balaban J connectivity index is 1.65. The van der Waals surface area contributed by atoms with Crippen molar-refractivity contribution in [2.24, 2.45) is 0 Å². The van der Waals surface area contributed by atoms with Gasteiger partial charge in [0.05, 0.1) is 19.3 Å². The molecule has 2 amide bonds. The lowest BCUT2D eigenvalue weighted by Crippen LogP contribution is -2.35. The van der Waals surface area contributed by atoms with Crippen LogP contribution in [0.5, 0.6) is 5.75 Å². The normalized spacial score (nSPS) is 10.7. The van der Waals surface area contributed by atoms with Crippen molar-refractivity contribution in [3.63, 3.8) is 0 Å². The van der Waals surface area contributed by atoms with Crippen molar-refractivity contribution in [2.45, 2.75) is 19.8 Å². The summed E-state index contributed by atoms with van der Waals surface area (Å²) in [6.45, 7) is 2.83. The summed E-state index contributed by atoms with van der Waals surface area (Å²) in [5.41, 5.74) is 2.95. The summed E-state index contributed by atoms with van der Waals surface area (Å²) in [6, 6.07) is 25.2. The van der Waals surface area contributed by atoms with Crippen molar-refractivity contribution in [1.29, 1.82) is 0 Å². The van der Waals surface area contributed by atoms with Crippen LogP contribution in [-0.2, 0) is 11.2 Å². The number of amides is 2. The number of benzene rings is 3. The lowest BCUT2D eigenvalue weighted by Gasteiger charge is -2.24. The van der Waals surface area contributed by atoms with E-state index in [9.17, 15) is 19.5 Å². The summed E-state index contributed by atoms with van der Waals surface area (Å²) in [5, 5.41) is 9.35. The fourth-order valence-electron chi connectivity index (χ4n) is 4.49. The van der Waals surface area contributed by atoms with Gasteiger partial charge < -0.3 is 19.2 Å². The van der Waals surface area contributed by atoms with Crippen LogP contribution in [-0.4, -0.2) is 54.5 Å². The van der Waals surface area contributed by atoms with Crippen molar-refractivity contribution in [3.05, 3.63) is 108 Å². The minimum absolute atomic E-state index is 0.0511. The molecule has 0 aliphatic rings. The highest BCUT2D eigenvalue weighted by atomic mass is 16.5. The average molecular weight is 541 g/mol. The molecule has 8 heteroatoms. The second-order valence-corrected chi connectivity index (χ2v) is 9.17. The molecule has 0 aliphatic carbocycles. The minimum Gasteiger partial charge on any atom is -0.494 e. The lowest BCUT2D eigenvalue weighted by molar-refractivity contribution is -0.137. The zero-order chi connectivity index (χ0) is 28.5. The molecule has 1 N–H and O–H groups in total. The number of carboxylic acid groups (broad SMARTS) is 1. The van der Waals surface area contributed by atoms with E-state index in [0.29, 0.717) is 47.7 Å². The summed E-state index contributed by atoms with van der Waals surface area (Å²) in [7, 11) is 1.63. The smallest absolute Gasteiger partial charge is 0.305 e. The van der Waals surface area contributed by atoms with E-state index in [1.54, 1.807) is 60.5 Å². The van der Waals surface area contributed by atoms with E-state index in [4.69, 9.17) is 9.15 Å². The Hall–Kier alpha value is -4.85. The number of carboxylic acids is 1. The van der Waals surface area contributed by atoms with Gasteiger partial charge in [-0.3, -0.25) is 19.3 Å². The van der Waals surface area contributed by atoms with Gasteiger partial charge in [-0.15, -0.1) is 0 Å². The quantitative estimate of drug-likeness (QED) is 0.244. The summed E-state index contributed by atoms with van der Waals surface area (Å²) < 4.78 is 11.0. The van der Waals surface area contributed by atoms with E-state index in [2.05, 4.69) is 0 Å². The summed E-state index contributed by atoms with van der Waals surface area (Å²) >= 11 is 0. The molecule has 0 spiro atoms. The minimum atomic E-state index is -0.985. The number of hydrogen-bond donors (Lipinski definition) is 1. The van der Waals surface area contributed by atoms with Crippen LogP contribution in [0.25, 0.3) is 11.1 Å². The van der Waals surface area contributed by atoms with Gasteiger partial charge in [0.15, 0.2) is 0 Å². The molecular weight excluding hydrogens is 508 g/mol. The molecule has 0 aliphatic heterocycles. The van der Waals surface area contributed by atoms with E-state index in [1.165, 1.54) is 11.2 Å². The molecule has 1 heterocycles. The third-order valence-electron chi connectivity index (χ3n) is 6.51. The van der Waals surface area contributed by atoms with E-state index >= 15 is 0 Å². The zero-order valence-electron chi connectivity index (χ0n) is 22.6. The second kappa shape index (κ2) is 13.3. The van der Waals surface area contributed by atoms with Crippen LogP contribution in [0, 0.1) is 0 Å². The van der Waals surface area contributed by atoms with Crippen LogP contribution in [0.3, 0.4) is 0 Å². The Bertz CT molecular complexity index is 1460. The SMILES string of the molecule is CCOc1cccc(CCN(CCC(=O)O)C(=O)c2ccccc2-c2ccccc2C(=O)N(C)c2ccco2)c1. The van der Waals surface area contributed by atoms with E-state index in [1.807, 2.05) is 43.3 Å². The van der Waals surface area contributed by atoms with Gasteiger partial charge in [-0.2, -0.15) is 0 Å². The van der Waals surface area contributed by atoms with Gasteiger partial charge in [0.2, 0.25) is 5.88 Å². The van der Waals surface area contributed by atoms with Crippen LogP contribution in [0.4, 0.5) is 5.88 Å². The maximum absolute atomic E-state index is 13.9. The zero-order valence-corrected chi connectivity index (χ0v) is 22.6. The van der Waals surface area contributed by atoms with Gasteiger partial charge in [0.1, 0.15) is 5.75 Å². The van der Waals surface area contributed by atoms with Gasteiger partial charge in [0, 0.05) is 37.3 Å². The van der Waals surface area contributed by atoms with Crippen molar-refractivity contribution >= 4 is 23.7 Å². The van der Waals surface area contributed by atoms with Gasteiger partial charge in [0.25, 0.3) is 11.8 Å². The number of anilines is 1. The Morgan fingerprint density at radius 2 is 1.50 bits per heavy atom. The second-order valence-electron chi connectivity index (χ2n) is 9.17. The van der Waals surface area contributed by atoms with Crippen molar-refractivity contribution in [3.8, 4) is 16.9 Å². The Morgan fingerprint density at radius 1 is 0.825 bits per heavy atom. The number of rotatable bonds is 12. The molecule has 206 valence electrons. The molecule has 1 aromatic heterocycles. The third kappa shape index (κ3) is 6.77. The first-order chi connectivity index (χ1) is 19.4. The number of hydrogen-bond acceptors (Lipinski definition) is 5. The summed E-state index contributed by atoms with van der Waals surface area (Å²) in [6.07, 6.45) is 1.84. The molecule has 0 saturated heterocycles. The van der Waals surface area contributed by atoms with Gasteiger partial charge in [-0.1, -0.05) is 48.5 Å². The highest BCUT2D eigenvalue weighted by Crippen LogP contribution is 2.30. The Labute approximate surface area is 233 Å². The van der Waals surface area contributed by atoms with E-state index in [-0.39, 0.29) is 24.8 Å². The monoisotopic (exact) mass is 540 g/mol. The van der Waals surface area contributed by atoms with Crippen molar-refractivity contribution < 1.29 is 28.6 Å². The topological polar surface area (TPSA) is 100 Å². The fourth-order valence-corrected chi connectivity index (χ4v) is 4.49. The Morgan fingerprint density at radius 3 is 2.12 bits per heavy atom. The van der Waals surface area contributed by atoms with E-state index in [0.717, 1.165) is 11.3 Å². The molecular formula is C32H32N2O6. The first kappa shape index (κ1) is 28.2. The molecule has 0 radical (unpaired) electrons. The van der Waals surface area contributed by atoms with E-state index < -0.39 is 5.97 Å². The van der Waals surface area contributed by atoms with Gasteiger partial charge >= 0.3 is 5.97 Å².